The molecule has 0 unspecified atom stereocenters. The normalized spacial score (nSPS) is 10.4. The fourth-order valence-corrected chi connectivity index (χ4v) is 1.82. The Morgan fingerprint density at radius 1 is 1.38 bits per heavy atom. The molecule has 16 heavy (non-hydrogen) atoms. The Balaban J connectivity index is 2.61. The van der Waals surface area contributed by atoms with Crippen LogP contribution in [0.4, 0.5) is 0 Å². The molecule has 0 atom stereocenters. The van der Waals surface area contributed by atoms with E-state index in [1.54, 1.807) is 19.1 Å². The number of carbonyl (C=O) groups is 1. The fraction of sp³-hybridized carbons (Fsp3) is 0.0909. The number of carboxylic acids is 1. The summed E-state index contributed by atoms with van der Waals surface area (Å²) >= 11 is 5.94. The molecule has 2 rings (SSSR count). The van der Waals surface area contributed by atoms with Crippen molar-refractivity contribution >= 4 is 17.6 Å². The van der Waals surface area contributed by atoms with E-state index in [9.17, 15) is 9.90 Å². The maximum absolute atomic E-state index is 10.8. The number of nitrogens with zero attached hydrogens (tertiary/aromatic N) is 2. The second-order valence-electron chi connectivity index (χ2n) is 3.29. The monoisotopic (exact) mass is 235 g/mol. The Morgan fingerprint density at radius 2 is 2.00 bits per heavy atom. The van der Waals surface area contributed by atoms with Gasteiger partial charge >= 0.3 is 0 Å². The van der Waals surface area contributed by atoms with Crippen LogP contribution in [0.25, 0.3) is 5.69 Å². The van der Waals surface area contributed by atoms with Crippen LogP contribution in [0.15, 0.2) is 30.3 Å². The van der Waals surface area contributed by atoms with E-state index in [4.69, 9.17) is 11.6 Å². The third-order valence-corrected chi connectivity index (χ3v) is 2.56. The molecule has 0 aliphatic heterocycles. The average molecular weight is 236 g/mol. The molecule has 1 aromatic carbocycles. The lowest BCUT2D eigenvalue weighted by Crippen LogP contribution is -2.23. The molecule has 1 aromatic heterocycles. The quantitative estimate of drug-likeness (QED) is 0.786. The van der Waals surface area contributed by atoms with Crippen LogP contribution in [-0.4, -0.2) is 15.7 Å². The number of benzene rings is 1. The van der Waals surface area contributed by atoms with E-state index >= 15 is 0 Å². The first-order valence-corrected chi connectivity index (χ1v) is 5.01. The number of para-hydroxylation sites is 1. The minimum Gasteiger partial charge on any atom is -0.545 e. The summed E-state index contributed by atoms with van der Waals surface area (Å²) in [5.41, 5.74) is 0.988. The van der Waals surface area contributed by atoms with Gasteiger partial charge in [0.25, 0.3) is 0 Å². The van der Waals surface area contributed by atoms with Crippen LogP contribution in [0, 0.1) is 6.92 Å². The Kier molecular flexibility index (Phi) is 2.66. The molecule has 2 aromatic rings. The molecular formula is C11H8ClN2O2-. The van der Waals surface area contributed by atoms with E-state index in [1.807, 2.05) is 18.2 Å². The highest BCUT2D eigenvalue weighted by Gasteiger charge is 2.14. The van der Waals surface area contributed by atoms with E-state index in [-0.39, 0.29) is 10.7 Å². The fourth-order valence-electron chi connectivity index (χ4n) is 1.47. The van der Waals surface area contributed by atoms with Crippen LogP contribution in [0.5, 0.6) is 0 Å². The van der Waals surface area contributed by atoms with Crippen molar-refractivity contribution in [2.75, 3.05) is 0 Å². The first-order chi connectivity index (χ1) is 7.61. The molecule has 0 N–H and O–H groups in total. The van der Waals surface area contributed by atoms with Crippen LogP contribution in [0.2, 0.25) is 5.15 Å². The Hall–Kier alpha value is -1.81. The van der Waals surface area contributed by atoms with E-state index in [0.717, 1.165) is 0 Å². The topological polar surface area (TPSA) is 58.0 Å². The van der Waals surface area contributed by atoms with E-state index in [1.165, 1.54) is 4.68 Å². The molecular weight excluding hydrogens is 228 g/mol. The molecule has 5 heteroatoms. The van der Waals surface area contributed by atoms with Gasteiger partial charge < -0.3 is 9.90 Å². The van der Waals surface area contributed by atoms with Crippen LogP contribution in [0.1, 0.15) is 16.1 Å². The number of carboxylic acid groups (broad SMARTS) is 1. The third kappa shape index (κ3) is 1.67. The molecule has 0 spiro atoms. The largest absolute Gasteiger partial charge is 0.545 e. The van der Waals surface area contributed by atoms with Gasteiger partial charge in [-0.1, -0.05) is 29.8 Å². The molecule has 0 bridgehead atoms. The highest BCUT2D eigenvalue weighted by atomic mass is 35.5. The molecule has 0 fully saturated rings. The molecule has 0 radical (unpaired) electrons. The number of aryl methyl sites for hydroxylation is 1. The van der Waals surface area contributed by atoms with Crippen molar-refractivity contribution in [3.8, 4) is 5.69 Å². The number of carbonyl (C=O) groups excluding carboxylic acids is 1. The first-order valence-electron chi connectivity index (χ1n) is 4.63. The van der Waals surface area contributed by atoms with E-state index in [2.05, 4.69) is 5.10 Å². The zero-order valence-electron chi connectivity index (χ0n) is 8.48. The summed E-state index contributed by atoms with van der Waals surface area (Å²) in [6.45, 7) is 1.58. The van der Waals surface area contributed by atoms with Crippen molar-refractivity contribution in [1.29, 1.82) is 0 Å². The minimum absolute atomic E-state index is 0.0590. The van der Waals surface area contributed by atoms with Gasteiger partial charge in [-0.3, -0.25) is 0 Å². The lowest BCUT2D eigenvalue weighted by Gasteiger charge is -2.03. The van der Waals surface area contributed by atoms with Gasteiger partial charge in [0.2, 0.25) is 0 Å². The Morgan fingerprint density at radius 3 is 2.50 bits per heavy atom. The predicted molar refractivity (Wildman–Crippen MR) is 57.6 cm³/mol. The van der Waals surface area contributed by atoms with E-state index < -0.39 is 5.97 Å². The smallest absolute Gasteiger partial charge is 0.142 e. The predicted octanol–water partition coefficient (Wildman–Crippen LogP) is 1.20. The molecule has 4 nitrogen and oxygen atoms in total. The van der Waals surface area contributed by atoms with Gasteiger partial charge in [-0.25, -0.2) is 4.68 Å². The summed E-state index contributed by atoms with van der Waals surface area (Å²) < 4.78 is 1.38. The van der Waals surface area contributed by atoms with Gasteiger partial charge in [-0.2, -0.15) is 5.10 Å². The summed E-state index contributed by atoms with van der Waals surface area (Å²) in [6, 6.07) is 9.07. The molecule has 82 valence electrons. The number of aromatic carboxylic acids is 1. The van der Waals surface area contributed by atoms with Crippen molar-refractivity contribution in [1.82, 2.24) is 9.78 Å². The number of hydrogen-bond donors (Lipinski definition) is 0. The van der Waals surface area contributed by atoms with Crippen molar-refractivity contribution in [2.45, 2.75) is 6.92 Å². The van der Waals surface area contributed by atoms with Gasteiger partial charge in [0.05, 0.1) is 22.9 Å². The second kappa shape index (κ2) is 3.98. The summed E-state index contributed by atoms with van der Waals surface area (Å²) in [6.07, 6.45) is 0. The lowest BCUT2D eigenvalue weighted by atomic mass is 10.3. The molecule has 0 saturated heterocycles. The molecule has 1 heterocycles. The van der Waals surface area contributed by atoms with Crippen LogP contribution >= 0.6 is 11.6 Å². The van der Waals surface area contributed by atoms with Gasteiger partial charge in [0, 0.05) is 0 Å². The van der Waals surface area contributed by atoms with Crippen molar-refractivity contribution < 1.29 is 9.90 Å². The molecule has 0 aliphatic carbocycles. The van der Waals surface area contributed by atoms with Crippen molar-refractivity contribution in [2.24, 2.45) is 0 Å². The summed E-state index contributed by atoms with van der Waals surface area (Å²) in [7, 11) is 0. The SMILES string of the molecule is Cc1nn(-c2ccccc2)c(Cl)c1C(=O)[O-]. The highest BCUT2D eigenvalue weighted by molar-refractivity contribution is 6.32. The standard InChI is InChI=1S/C11H9ClN2O2/c1-7-9(11(15)16)10(12)14(13-7)8-5-3-2-4-6-8/h2-6H,1H3,(H,15,16)/p-1. The summed E-state index contributed by atoms with van der Waals surface area (Å²) in [5.74, 6) is -1.32. The maximum atomic E-state index is 10.8. The van der Waals surface area contributed by atoms with Crippen molar-refractivity contribution in [3.63, 3.8) is 0 Å². The number of aromatic nitrogens is 2. The number of rotatable bonds is 2. The Labute approximate surface area is 97.1 Å². The number of halogens is 1. The van der Waals surface area contributed by atoms with Gasteiger partial charge in [0.15, 0.2) is 0 Å². The first kappa shape index (κ1) is 10.7. The summed E-state index contributed by atoms with van der Waals surface area (Å²) in [4.78, 5) is 10.8. The zero-order valence-corrected chi connectivity index (χ0v) is 9.23. The third-order valence-electron chi connectivity index (χ3n) is 2.21. The average Bonchev–Trinajstić information content (AvgIpc) is 2.55. The highest BCUT2D eigenvalue weighted by Crippen LogP contribution is 2.22. The summed E-state index contributed by atoms with van der Waals surface area (Å²) in [5, 5.41) is 15.0. The Bertz CT molecular complexity index is 534. The molecule has 0 saturated carbocycles. The van der Waals surface area contributed by atoms with Gasteiger partial charge in [-0.15, -0.1) is 0 Å². The second-order valence-corrected chi connectivity index (χ2v) is 3.64. The van der Waals surface area contributed by atoms with Gasteiger partial charge in [-0.05, 0) is 19.1 Å². The van der Waals surface area contributed by atoms with E-state index in [0.29, 0.717) is 11.4 Å². The van der Waals surface area contributed by atoms with Gasteiger partial charge in [0.1, 0.15) is 5.15 Å². The zero-order chi connectivity index (χ0) is 11.7. The molecule has 0 amide bonds. The number of hydrogen-bond acceptors (Lipinski definition) is 3. The lowest BCUT2D eigenvalue weighted by molar-refractivity contribution is -0.255. The van der Waals surface area contributed by atoms with Crippen LogP contribution in [0.3, 0.4) is 0 Å². The van der Waals surface area contributed by atoms with Crippen LogP contribution in [-0.2, 0) is 0 Å². The maximum Gasteiger partial charge on any atom is 0.142 e. The van der Waals surface area contributed by atoms with Crippen LogP contribution < -0.4 is 5.11 Å². The van der Waals surface area contributed by atoms with Crippen molar-refractivity contribution in [3.05, 3.63) is 46.7 Å². The minimum atomic E-state index is -1.32. The molecule has 0 aliphatic rings.